The van der Waals surface area contributed by atoms with Gasteiger partial charge in [0.15, 0.2) is 6.10 Å². The number of ether oxygens (including phenoxy) is 3. The topological polar surface area (TPSA) is 61.8 Å². The second kappa shape index (κ2) is 50.0. The lowest BCUT2D eigenvalue weighted by atomic mass is 10.0. The molecule has 5 nitrogen and oxygen atoms in total. The van der Waals surface area contributed by atoms with E-state index in [2.05, 4.69) is 32.9 Å². The summed E-state index contributed by atoms with van der Waals surface area (Å²) in [5.41, 5.74) is 0. The third-order valence-electron chi connectivity index (χ3n) is 11.8. The Balaban J connectivity index is 4.04. The standard InChI is InChI=1S/C53H102O5/c1-4-7-10-13-16-18-20-22-24-26-27-28-29-31-33-35-38-40-43-46-52(54)57-50-51(58-53(55)47-44-41-37-15-12-9-6-3)49-56-48-45-42-39-36-34-32-30-25-23-21-19-17-14-11-8-5-2/h22,24,51H,4-21,23,25-50H2,1-3H3/b24-22-. The van der Waals surface area contributed by atoms with Gasteiger partial charge in [-0.1, -0.05) is 245 Å². The highest BCUT2D eigenvalue weighted by Gasteiger charge is 2.17. The molecule has 0 saturated heterocycles. The van der Waals surface area contributed by atoms with Gasteiger partial charge >= 0.3 is 11.9 Å². The molecule has 0 aromatic carbocycles. The van der Waals surface area contributed by atoms with Gasteiger partial charge in [-0.3, -0.25) is 9.59 Å². The second-order valence-electron chi connectivity index (χ2n) is 17.8. The minimum absolute atomic E-state index is 0.0927. The first-order chi connectivity index (χ1) is 28.6. The summed E-state index contributed by atoms with van der Waals surface area (Å²) in [6.07, 6.45) is 56.6. The van der Waals surface area contributed by atoms with E-state index in [0.29, 0.717) is 26.1 Å². The number of carbonyl (C=O) groups excluding carboxylic acids is 2. The maximum absolute atomic E-state index is 12.7. The predicted octanol–water partition coefficient (Wildman–Crippen LogP) is 17.5. The summed E-state index contributed by atoms with van der Waals surface area (Å²) in [7, 11) is 0. The maximum Gasteiger partial charge on any atom is 0.306 e. The summed E-state index contributed by atoms with van der Waals surface area (Å²) in [4.78, 5) is 25.2. The van der Waals surface area contributed by atoms with E-state index in [1.165, 1.54) is 225 Å². The lowest BCUT2D eigenvalue weighted by Gasteiger charge is -2.18. The molecule has 0 fully saturated rings. The summed E-state index contributed by atoms with van der Waals surface area (Å²) < 4.78 is 17.3. The molecule has 0 heterocycles. The number of unbranched alkanes of at least 4 members (excludes halogenated alkanes) is 36. The number of carbonyl (C=O) groups is 2. The van der Waals surface area contributed by atoms with Crippen molar-refractivity contribution in [1.82, 2.24) is 0 Å². The Kier molecular flexibility index (Phi) is 48.8. The van der Waals surface area contributed by atoms with Gasteiger partial charge in [0.05, 0.1) is 6.61 Å². The van der Waals surface area contributed by atoms with Crippen molar-refractivity contribution in [3.63, 3.8) is 0 Å². The van der Waals surface area contributed by atoms with Gasteiger partial charge in [0.1, 0.15) is 6.61 Å². The average Bonchev–Trinajstić information content (AvgIpc) is 3.22. The van der Waals surface area contributed by atoms with Crippen LogP contribution in [0.25, 0.3) is 0 Å². The zero-order chi connectivity index (χ0) is 42.1. The minimum Gasteiger partial charge on any atom is -0.462 e. The Morgan fingerprint density at radius 1 is 0.362 bits per heavy atom. The van der Waals surface area contributed by atoms with Crippen molar-refractivity contribution in [1.29, 1.82) is 0 Å². The SMILES string of the molecule is CCCCCCCC/C=C\CCCCCCCCCCCC(=O)OCC(COCCCCCCCCCCCCCCCCCC)OC(=O)CCCCCCCCC. The van der Waals surface area contributed by atoms with Crippen molar-refractivity contribution in [3.8, 4) is 0 Å². The van der Waals surface area contributed by atoms with Crippen LogP contribution in [-0.2, 0) is 23.8 Å². The smallest absolute Gasteiger partial charge is 0.306 e. The Hall–Kier alpha value is -1.36. The van der Waals surface area contributed by atoms with Crippen LogP contribution in [0.3, 0.4) is 0 Å². The molecular weight excluding hydrogens is 717 g/mol. The van der Waals surface area contributed by atoms with Crippen LogP contribution in [0.4, 0.5) is 0 Å². The minimum atomic E-state index is -0.525. The number of esters is 2. The molecule has 0 bridgehead atoms. The fraction of sp³-hybridized carbons (Fsp3) is 0.925. The van der Waals surface area contributed by atoms with Gasteiger partial charge in [0, 0.05) is 19.4 Å². The van der Waals surface area contributed by atoms with Crippen LogP contribution in [0.15, 0.2) is 12.2 Å². The number of hydrogen-bond acceptors (Lipinski definition) is 5. The first kappa shape index (κ1) is 56.6. The summed E-state index contributed by atoms with van der Waals surface area (Å²) in [6.45, 7) is 7.85. The van der Waals surface area contributed by atoms with E-state index < -0.39 is 6.10 Å². The van der Waals surface area contributed by atoms with Crippen LogP contribution in [0.5, 0.6) is 0 Å². The molecule has 0 aromatic heterocycles. The molecule has 0 spiro atoms. The van der Waals surface area contributed by atoms with Crippen LogP contribution in [0, 0.1) is 0 Å². The van der Waals surface area contributed by atoms with E-state index in [1.54, 1.807) is 0 Å². The van der Waals surface area contributed by atoms with Gasteiger partial charge in [0.2, 0.25) is 0 Å². The second-order valence-corrected chi connectivity index (χ2v) is 17.8. The highest BCUT2D eigenvalue weighted by Crippen LogP contribution is 2.16. The normalized spacial score (nSPS) is 12.1. The number of hydrogen-bond donors (Lipinski definition) is 0. The fourth-order valence-electron chi connectivity index (χ4n) is 7.86. The van der Waals surface area contributed by atoms with E-state index in [9.17, 15) is 9.59 Å². The molecule has 1 atom stereocenters. The van der Waals surface area contributed by atoms with Crippen LogP contribution < -0.4 is 0 Å². The van der Waals surface area contributed by atoms with E-state index in [0.717, 1.165) is 32.1 Å². The molecule has 5 heteroatoms. The van der Waals surface area contributed by atoms with Gasteiger partial charge in [-0.15, -0.1) is 0 Å². The number of rotatable bonds is 49. The summed E-state index contributed by atoms with van der Waals surface area (Å²) in [5, 5.41) is 0. The quantitative estimate of drug-likeness (QED) is 0.0348. The third-order valence-corrected chi connectivity index (χ3v) is 11.8. The molecule has 58 heavy (non-hydrogen) atoms. The van der Waals surface area contributed by atoms with Crippen molar-refractivity contribution < 1.29 is 23.8 Å². The van der Waals surface area contributed by atoms with Crippen molar-refractivity contribution in [2.45, 2.75) is 297 Å². The maximum atomic E-state index is 12.7. The molecule has 344 valence electrons. The van der Waals surface area contributed by atoms with E-state index >= 15 is 0 Å². The van der Waals surface area contributed by atoms with Crippen molar-refractivity contribution in [2.75, 3.05) is 19.8 Å². The van der Waals surface area contributed by atoms with Gasteiger partial charge < -0.3 is 14.2 Å². The zero-order valence-electron chi connectivity index (χ0n) is 39.6. The molecule has 0 aliphatic carbocycles. The summed E-state index contributed by atoms with van der Waals surface area (Å²) in [6, 6.07) is 0. The molecule has 0 saturated carbocycles. The van der Waals surface area contributed by atoms with Crippen LogP contribution >= 0.6 is 0 Å². The molecule has 0 aromatic rings. The van der Waals surface area contributed by atoms with Crippen LogP contribution in [-0.4, -0.2) is 37.9 Å². The van der Waals surface area contributed by atoms with E-state index in [-0.39, 0.29) is 18.5 Å². The molecular formula is C53H102O5. The zero-order valence-corrected chi connectivity index (χ0v) is 39.6. The van der Waals surface area contributed by atoms with Gasteiger partial charge in [0.25, 0.3) is 0 Å². The van der Waals surface area contributed by atoms with Crippen LogP contribution in [0.1, 0.15) is 290 Å². The Labute approximate surface area is 363 Å². The van der Waals surface area contributed by atoms with Crippen LogP contribution in [0.2, 0.25) is 0 Å². The van der Waals surface area contributed by atoms with Crippen molar-refractivity contribution in [3.05, 3.63) is 12.2 Å². The first-order valence-corrected chi connectivity index (χ1v) is 26.2. The fourth-order valence-corrected chi connectivity index (χ4v) is 7.86. The molecule has 0 aliphatic rings. The van der Waals surface area contributed by atoms with Gasteiger partial charge in [-0.2, -0.15) is 0 Å². The van der Waals surface area contributed by atoms with E-state index in [4.69, 9.17) is 14.2 Å². The molecule has 0 amide bonds. The molecule has 0 radical (unpaired) electrons. The van der Waals surface area contributed by atoms with Crippen molar-refractivity contribution >= 4 is 11.9 Å². The summed E-state index contributed by atoms with van der Waals surface area (Å²) in [5.74, 6) is -0.386. The highest BCUT2D eigenvalue weighted by molar-refractivity contribution is 5.70. The Morgan fingerprint density at radius 2 is 0.672 bits per heavy atom. The lowest BCUT2D eigenvalue weighted by molar-refractivity contribution is -0.163. The Morgan fingerprint density at radius 3 is 1.05 bits per heavy atom. The average molecular weight is 819 g/mol. The number of allylic oxidation sites excluding steroid dienone is 2. The first-order valence-electron chi connectivity index (χ1n) is 26.2. The summed E-state index contributed by atoms with van der Waals surface area (Å²) >= 11 is 0. The van der Waals surface area contributed by atoms with Gasteiger partial charge in [-0.25, -0.2) is 0 Å². The Bertz CT molecular complexity index is 840. The molecule has 1 unspecified atom stereocenters. The van der Waals surface area contributed by atoms with Crippen molar-refractivity contribution in [2.24, 2.45) is 0 Å². The third kappa shape index (κ3) is 47.3. The van der Waals surface area contributed by atoms with E-state index in [1.807, 2.05) is 0 Å². The highest BCUT2D eigenvalue weighted by atomic mass is 16.6. The largest absolute Gasteiger partial charge is 0.462 e. The molecule has 0 aliphatic heterocycles. The van der Waals surface area contributed by atoms with Gasteiger partial charge in [-0.05, 0) is 44.9 Å². The molecule has 0 rings (SSSR count). The lowest BCUT2D eigenvalue weighted by Crippen LogP contribution is -2.30. The monoisotopic (exact) mass is 819 g/mol. The molecule has 0 N–H and O–H groups in total. The predicted molar refractivity (Wildman–Crippen MR) is 252 cm³/mol.